The molecule has 1 heterocycles. The molecule has 0 aliphatic carbocycles. The highest BCUT2D eigenvalue weighted by atomic mass is 127. The molecule has 146 valence electrons. The van der Waals surface area contributed by atoms with Gasteiger partial charge in [0.2, 0.25) is 0 Å². The molecule has 1 saturated heterocycles. The van der Waals surface area contributed by atoms with E-state index in [1.165, 1.54) is 17.5 Å². The van der Waals surface area contributed by atoms with Crippen molar-refractivity contribution in [3.8, 4) is 5.75 Å². The second kappa shape index (κ2) is 11.2. The highest BCUT2D eigenvalue weighted by Crippen LogP contribution is 2.26. The molecule has 1 N–H and O–H groups in total. The molecule has 2 aromatic carbocycles. The number of hydrogen-bond donors (Lipinski definition) is 1. The second-order valence-electron chi connectivity index (χ2n) is 6.77. The van der Waals surface area contributed by atoms with Crippen molar-refractivity contribution in [2.45, 2.75) is 25.2 Å². The van der Waals surface area contributed by atoms with E-state index in [4.69, 9.17) is 4.74 Å². The maximum absolute atomic E-state index is 5.20. The Morgan fingerprint density at radius 2 is 1.89 bits per heavy atom. The van der Waals surface area contributed by atoms with Gasteiger partial charge >= 0.3 is 0 Å². The SMILES string of the molecule is CN=C(NCCCc1ccc(OC)cc1)N1CCC(c2ccccc2)C1.I. The van der Waals surface area contributed by atoms with E-state index < -0.39 is 0 Å². The van der Waals surface area contributed by atoms with Crippen molar-refractivity contribution in [1.82, 2.24) is 10.2 Å². The minimum absolute atomic E-state index is 0. The van der Waals surface area contributed by atoms with Crippen molar-refractivity contribution in [1.29, 1.82) is 0 Å². The normalized spacial score (nSPS) is 16.7. The Kier molecular flexibility index (Phi) is 8.91. The molecule has 1 fully saturated rings. The van der Waals surface area contributed by atoms with Crippen molar-refractivity contribution in [3.63, 3.8) is 0 Å². The van der Waals surface area contributed by atoms with Crippen LogP contribution in [0.5, 0.6) is 5.75 Å². The summed E-state index contributed by atoms with van der Waals surface area (Å²) in [6.07, 6.45) is 3.33. The second-order valence-corrected chi connectivity index (χ2v) is 6.77. The fourth-order valence-corrected chi connectivity index (χ4v) is 3.57. The number of nitrogens with zero attached hydrogens (tertiary/aromatic N) is 2. The van der Waals surface area contributed by atoms with Crippen LogP contribution in [-0.4, -0.2) is 44.7 Å². The Morgan fingerprint density at radius 3 is 2.56 bits per heavy atom. The van der Waals surface area contributed by atoms with Crippen molar-refractivity contribution < 1.29 is 4.74 Å². The number of rotatable bonds is 6. The lowest BCUT2D eigenvalue weighted by Crippen LogP contribution is -2.40. The molecule has 1 unspecified atom stereocenters. The van der Waals surface area contributed by atoms with Crippen LogP contribution in [-0.2, 0) is 6.42 Å². The monoisotopic (exact) mass is 479 g/mol. The molecule has 5 heteroatoms. The van der Waals surface area contributed by atoms with Crippen LogP contribution in [0.15, 0.2) is 59.6 Å². The van der Waals surface area contributed by atoms with Gasteiger partial charge in [0.1, 0.15) is 5.75 Å². The number of hydrogen-bond acceptors (Lipinski definition) is 2. The number of methoxy groups -OCH3 is 1. The smallest absolute Gasteiger partial charge is 0.193 e. The van der Waals surface area contributed by atoms with E-state index >= 15 is 0 Å². The first-order valence-electron chi connectivity index (χ1n) is 9.43. The van der Waals surface area contributed by atoms with E-state index in [2.05, 4.69) is 57.7 Å². The first-order valence-corrected chi connectivity index (χ1v) is 9.43. The van der Waals surface area contributed by atoms with Crippen molar-refractivity contribution >= 4 is 29.9 Å². The molecule has 2 aromatic rings. The summed E-state index contributed by atoms with van der Waals surface area (Å²) in [6, 6.07) is 19.1. The van der Waals surface area contributed by atoms with E-state index in [0.717, 1.165) is 44.2 Å². The summed E-state index contributed by atoms with van der Waals surface area (Å²) in [5, 5.41) is 3.53. The predicted octanol–water partition coefficient (Wildman–Crippen LogP) is 4.31. The Bertz CT molecular complexity index is 703. The van der Waals surface area contributed by atoms with E-state index in [1.54, 1.807) is 7.11 Å². The number of halogens is 1. The summed E-state index contributed by atoms with van der Waals surface area (Å²) < 4.78 is 5.20. The Hall–Kier alpha value is -1.76. The minimum atomic E-state index is 0. The fraction of sp³-hybridized carbons (Fsp3) is 0.409. The third-order valence-electron chi connectivity index (χ3n) is 5.05. The maximum Gasteiger partial charge on any atom is 0.193 e. The van der Waals surface area contributed by atoms with Crippen LogP contribution in [0.3, 0.4) is 0 Å². The topological polar surface area (TPSA) is 36.9 Å². The Morgan fingerprint density at radius 1 is 1.15 bits per heavy atom. The number of ether oxygens (including phenoxy) is 1. The van der Waals surface area contributed by atoms with Gasteiger partial charge in [-0.05, 0) is 42.5 Å². The van der Waals surface area contributed by atoms with Gasteiger partial charge in [0.25, 0.3) is 0 Å². The average Bonchev–Trinajstić information content (AvgIpc) is 3.19. The third-order valence-corrected chi connectivity index (χ3v) is 5.05. The van der Waals surface area contributed by atoms with Gasteiger partial charge in [0, 0.05) is 32.6 Å². The molecule has 0 radical (unpaired) electrons. The highest BCUT2D eigenvalue weighted by molar-refractivity contribution is 14.0. The van der Waals surface area contributed by atoms with E-state index in [9.17, 15) is 0 Å². The zero-order valence-electron chi connectivity index (χ0n) is 16.2. The van der Waals surface area contributed by atoms with Crippen LogP contribution in [0.4, 0.5) is 0 Å². The highest BCUT2D eigenvalue weighted by Gasteiger charge is 2.25. The number of likely N-dealkylation sites (tertiary alicyclic amines) is 1. The predicted molar refractivity (Wildman–Crippen MR) is 123 cm³/mol. The van der Waals surface area contributed by atoms with Crippen molar-refractivity contribution in [3.05, 3.63) is 65.7 Å². The van der Waals surface area contributed by atoms with E-state index in [-0.39, 0.29) is 24.0 Å². The first-order chi connectivity index (χ1) is 12.8. The summed E-state index contributed by atoms with van der Waals surface area (Å²) >= 11 is 0. The standard InChI is InChI=1S/C22H29N3O.HI/c1-23-22(24-15-6-7-18-10-12-21(26-2)13-11-18)25-16-14-20(17-25)19-8-4-3-5-9-19;/h3-5,8-13,20H,6-7,14-17H2,1-2H3,(H,23,24);1H. The third kappa shape index (κ3) is 6.13. The van der Waals surface area contributed by atoms with Crippen LogP contribution < -0.4 is 10.1 Å². The molecule has 0 aromatic heterocycles. The lowest BCUT2D eigenvalue weighted by Gasteiger charge is -2.22. The summed E-state index contributed by atoms with van der Waals surface area (Å²) in [5.41, 5.74) is 2.78. The van der Waals surface area contributed by atoms with Crippen LogP contribution >= 0.6 is 24.0 Å². The summed E-state index contributed by atoms with van der Waals surface area (Å²) in [5.74, 6) is 2.54. The molecule has 1 aliphatic heterocycles. The van der Waals surface area contributed by atoms with Gasteiger partial charge in [-0.2, -0.15) is 0 Å². The molecule has 0 spiro atoms. The molecule has 1 aliphatic rings. The lowest BCUT2D eigenvalue weighted by atomic mass is 9.99. The molecule has 4 nitrogen and oxygen atoms in total. The van der Waals surface area contributed by atoms with Gasteiger partial charge in [-0.3, -0.25) is 4.99 Å². The lowest BCUT2D eigenvalue weighted by molar-refractivity contribution is 0.414. The number of aliphatic imine (C=N–C) groups is 1. The zero-order chi connectivity index (χ0) is 18.2. The molecule has 0 saturated carbocycles. The number of aryl methyl sites for hydroxylation is 1. The van der Waals surface area contributed by atoms with Crippen LogP contribution in [0.2, 0.25) is 0 Å². The van der Waals surface area contributed by atoms with Gasteiger partial charge < -0.3 is 15.0 Å². The van der Waals surface area contributed by atoms with Crippen molar-refractivity contribution in [2.75, 3.05) is 33.8 Å². The number of benzene rings is 2. The van der Waals surface area contributed by atoms with E-state index in [1.807, 2.05) is 19.2 Å². The van der Waals surface area contributed by atoms with Gasteiger partial charge in [-0.1, -0.05) is 42.5 Å². The largest absolute Gasteiger partial charge is 0.497 e. The summed E-state index contributed by atoms with van der Waals surface area (Å²) in [7, 11) is 3.58. The molecule has 0 bridgehead atoms. The van der Waals surface area contributed by atoms with Crippen molar-refractivity contribution in [2.24, 2.45) is 4.99 Å². The molecule has 0 amide bonds. The Labute approximate surface area is 180 Å². The van der Waals surface area contributed by atoms with Gasteiger partial charge in [0.05, 0.1) is 7.11 Å². The van der Waals surface area contributed by atoms with Crippen LogP contribution in [0.25, 0.3) is 0 Å². The van der Waals surface area contributed by atoms with Gasteiger partial charge in [-0.15, -0.1) is 24.0 Å². The molecule has 27 heavy (non-hydrogen) atoms. The zero-order valence-corrected chi connectivity index (χ0v) is 18.6. The quantitative estimate of drug-likeness (QED) is 0.291. The minimum Gasteiger partial charge on any atom is -0.497 e. The van der Waals surface area contributed by atoms with Gasteiger partial charge in [0.15, 0.2) is 5.96 Å². The first kappa shape index (κ1) is 21.5. The Balaban J connectivity index is 0.00000261. The maximum atomic E-state index is 5.20. The van der Waals surface area contributed by atoms with E-state index in [0.29, 0.717) is 5.92 Å². The molecular weight excluding hydrogens is 449 g/mol. The summed E-state index contributed by atoms with van der Waals surface area (Å²) in [4.78, 5) is 6.86. The van der Waals surface area contributed by atoms with Crippen LogP contribution in [0, 0.1) is 0 Å². The average molecular weight is 479 g/mol. The summed E-state index contributed by atoms with van der Waals surface area (Å²) in [6.45, 7) is 3.05. The number of nitrogens with one attached hydrogen (secondary N) is 1. The number of guanidine groups is 1. The van der Waals surface area contributed by atoms with Gasteiger partial charge in [-0.25, -0.2) is 0 Å². The van der Waals surface area contributed by atoms with Crippen LogP contribution in [0.1, 0.15) is 29.9 Å². The molecule has 1 atom stereocenters. The molecule has 3 rings (SSSR count). The fourth-order valence-electron chi connectivity index (χ4n) is 3.57. The molecular formula is C22H30IN3O.